The minimum absolute atomic E-state index is 0.752. The second-order valence-corrected chi connectivity index (χ2v) is 10.9. The zero-order valence-corrected chi connectivity index (χ0v) is 22.4. The molecule has 2 saturated heterocycles. The van der Waals surface area contributed by atoms with E-state index in [1.165, 1.54) is 59.9 Å². The van der Waals surface area contributed by atoms with Gasteiger partial charge in [0, 0.05) is 47.3 Å². The first-order valence-corrected chi connectivity index (χ1v) is 14.1. The fraction of sp³-hybridized carbons (Fsp3) is 0.375. The summed E-state index contributed by atoms with van der Waals surface area (Å²) < 4.78 is 0. The highest BCUT2D eigenvalue weighted by atomic mass is 15.1. The number of benzene rings is 1. The molecule has 38 heavy (non-hydrogen) atoms. The number of allylic oxidation sites excluding steroid dienone is 2. The van der Waals surface area contributed by atoms with Crippen molar-refractivity contribution in [1.29, 1.82) is 0 Å². The van der Waals surface area contributed by atoms with E-state index in [0.29, 0.717) is 0 Å². The number of nitrogens with zero attached hydrogens (tertiary/aromatic N) is 3. The summed E-state index contributed by atoms with van der Waals surface area (Å²) in [4.78, 5) is 10.6. The maximum atomic E-state index is 4.64. The van der Waals surface area contributed by atoms with Crippen molar-refractivity contribution >= 4 is 34.8 Å². The van der Waals surface area contributed by atoms with Gasteiger partial charge in [0.25, 0.3) is 0 Å². The number of nitrogens with one attached hydrogen (secondary N) is 3. The molecule has 0 aliphatic carbocycles. The van der Waals surface area contributed by atoms with Gasteiger partial charge in [-0.25, -0.2) is 0 Å². The number of hydrogen-bond acceptors (Lipinski definition) is 4. The van der Waals surface area contributed by atoms with Crippen molar-refractivity contribution in [3.63, 3.8) is 0 Å². The molecule has 6 nitrogen and oxygen atoms in total. The molecule has 0 saturated carbocycles. The number of hydrogen-bond donors (Lipinski definition) is 3. The molecule has 0 unspecified atom stereocenters. The molecule has 196 valence electrons. The number of aromatic amines is 2. The molecule has 3 N–H and O–H groups in total. The SMILES string of the molecule is C=c1c(-c2cc3c(N4CCCCC4)cccc3[nH]2)n[nH]/c1=C/C=C(\C)c1cncc(CC2CCNCC2)c1. The van der Waals surface area contributed by atoms with Gasteiger partial charge in [-0.1, -0.05) is 18.7 Å². The number of aromatic nitrogens is 4. The predicted molar refractivity (Wildman–Crippen MR) is 158 cm³/mol. The number of piperidine rings is 2. The van der Waals surface area contributed by atoms with Crippen LogP contribution < -0.4 is 20.8 Å². The number of H-pyrrole nitrogens is 2. The lowest BCUT2D eigenvalue weighted by Crippen LogP contribution is -2.29. The van der Waals surface area contributed by atoms with E-state index < -0.39 is 0 Å². The highest BCUT2D eigenvalue weighted by molar-refractivity contribution is 5.96. The van der Waals surface area contributed by atoms with Gasteiger partial charge < -0.3 is 15.2 Å². The fourth-order valence-electron chi connectivity index (χ4n) is 5.96. The van der Waals surface area contributed by atoms with Gasteiger partial charge in [0.05, 0.1) is 11.0 Å². The molecular formula is C32H38N6. The molecule has 0 bridgehead atoms. The Hall–Kier alpha value is -3.64. The third-order valence-corrected chi connectivity index (χ3v) is 8.23. The van der Waals surface area contributed by atoms with Gasteiger partial charge >= 0.3 is 0 Å². The lowest BCUT2D eigenvalue weighted by molar-refractivity contribution is 0.372. The Morgan fingerprint density at radius 3 is 2.79 bits per heavy atom. The molecule has 0 spiro atoms. The molecule has 0 amide bonds. The predicted octanol–water partition coefficient (Wildman–Crippen LogP) is 4.78. The smallest absolute Gasteiger partial charge is 0.116 e. The van der Waals surface area contributed by atoms with Crippen LogP contribution >= 0.6 is 0 Å². The van der Waals surface area contributed by atoms with Crippen LogP contribution in [0.15, 0.2) is 48.8 Å². The summed E-state index contributed by atoms with van der Waals surface area (Å²) in [5.41, 5.74) is 7.99. The van der Waals surface area contributed by atoms with Crippen molar-refractivity contribution in [3.05, 3.63) is 70.5 Å². The van der Waals surface area contributed by atoms with Gasteiger partial charge in [-0.2, -0.15) is 5.10 Å². The van der Waals surface area contributed by atoms with Gasteiger partial charge in [0.15, 0.2) is 0 Å². The van der Waals surface area contributed by atoms with Crippen molar-refractivity contribution in [2.45, 2.75) is 45.4 Å². The van der Waals surface area contributed by atoms with Gasteiger partial charge in [-0.3, -0.25) is 10.1 Å². The number of pyridine rings is 1. The van der Waals surface area contributed by atoms with Crippen LogP contribution in [0.4, 0.5) is 5.69 Å². The summed E-state index contributed by atoms with van der Waals surface area (Å²) in [6.07, 6.45) is 15.7. The monoisotopic (exact) mass is 506 g/mol. The average molecular weight is 507 g/mol. The molecule has 4 aromatic rings. The lowest BCUT2D eigenvalue weighted by atomic mass is 9.91. The number of anilines is 1. The molecule has 0 radical (unpaired) electrons. The maximum absolute atomic E-state index is 4.64. The maximum Gasteiger partial charge on any atom is 0.116 e. The van der Waals surface area contributed by atoms with E-state index in [2.05, 4.69) is 86.4 Å². The number of rotatable bonds is 6. The van der Waals surface area contributed by atoms with Crippen molar-refractivity contribution in [2.24, 2.45) is 5.92 Å². The normalized spacial score (nSPS) is 18.0. The summed E-state index contributed by atoms with van der Waals surface area (Å²) in [7, 11) is 0. The Morgan fingerprint density at radius 1 is 1.11 bits per heavy atom. The van der Waals surface area contributed by atoms with Crippen LogP contribution in [0.2, 0.25) is 0 Å². The summed E-state index contributed by atoms with van der Waals surface area (Å²) >= 11 is 0. The largest absolute Gasteiger partial charge is 0.371 e. The highest BCUT2D eigenvalue weighted by Crippen LogP contribution is 2.31. The topological polar surface area (TPSA) is 72.6 Å². The lowest BCUT2D eigenvalue weighted by Gasteiger charge is -2.29. The van der Waals surface area contributed by atoms with E-state index >= 15 is 0 Å². The first-order chi connectivity index (χ1) is 18.7. The molecule has 2 aliphatic heterocycles. The second-order valence-electron chi connectivity index (χ2n) is 10.9. The summed E-state index contributed by atoms with van der Waals surface area (Å²) in [6, 6.07) is 11.1. The minimum Gasteiger partial charge on any atom is -0.371 e. The van der Waals surface area contributed by atoms with Crippen LogP contribution in [0.25, 0.3) is 40.5 Å². The molecule has 2 aliphatic rings. The van der Waals surface area contributed by atoms with Gasteiger partial charge in [-0.05, 0) is 111 Å². The van der Waals surface area contributed by atoms with Crippen molar-refractivity contribution < 1.29 is 0 Å². The standard InChI is InChI=1S/C32H38N6/c1-22(26-18-25(20-34-21-26)17-24-11-13-33-14-12-24)9-10-28-23(2)32(37-36-28)30-19-27-29(35-30)7-6-8-31(27)38-15-4-3-5-16-38/h6-10,18-21,24,33,35-36H,2-5,11-17H2,1H3/b22-9+,28-10+. The molecule has 5 heterocycles. The van der Waals surface area contributed by atoms with Crippen molar-refractivity contribution in [1.82, 2.24) is 25.5 Å². The van der Waals surface area contributed by atoms with Crippen molar-refractivity contribution in [2.75, 3.05) is 31.1 Å². The van der Waals surface area contributed by atoms with E-state index in [-0.39, 0.29) is 0 Å². The zero-order valence-electron chi connectivity index (χ0n) is 22.4. The molecule has 3 aromatic heterocycles. The number of fused-ring (bicyclic) bond motifs is 1. The fourth-order valence-corrected chi connectivity index (χ4v) is 5.96. The minimum atomic E-state index is 0.752. The first-order valence-electron chi connectivity index (χ1n) is 14.1. The second kappa shape index (κ2) is 11.0. The molecule has 2 fully saturated rings. The molecule has 6 rings (SSSR count). The van der Waals surface area contributed by atoms with E-state index in [1.807, 2.05) is 12.4 Å². The third kappa shape index (κ3) is 5.18. The quantitative estimate of drug-likeness (QED) is 0.352. The van der Waals surface area contributed by atoms with Crippen LogP contribution in [-0.2, 0) is 6.42 Å². The van der Waals surface area contributed by atoms with Crippen LogP contribution in [-0.4, -0.2) is 46.3 Å². The van der Waals surface area contributed by atoms with Crippen LogP contribution in [0.3, 0.4) is 0 Å². The van der Waals surface area contributed by atoms with Crippen LogP contribution in [0.1, 0.15) is 50.2 Å². The summed E-state index contributed by atoms with van der Waals surface area (Å²) in [5.74, 6) is 0.752. The van der Waals surface area contributed by atoms with Gasteiger partial charge in [-0.15, -0.1) is 0 Å². The highest BCUT2D eigenvalue weighted by Gasteiger charge is 2.17. The zero-order chi connectivity index (χ0) is 25.9. The third-order valence-electron chi connectivity index (χ3n) is 8.23. The van der Waals surface area contributed by atoms with E-state index in [9.17, 15) is 0 Å². The first kappa shape index (κ1) is 24.7. The van der Waals surface area contributed by atoms with Crippen LogP contribution in [0, 0.1) is 5.92 Å². The Labute approximate surface area is 224 Å². The van der Waals surface area contributed by atoms with Gasteiger partial charge in [0.2, 0.25) is 0 Å². The summed E-state index contributed by atoms with van der Waals surface area (Å²) in [5, 5.41) is 14.4. The Bertz CT molecular complexity index is 1550. The Morgan fingerprint density at radius 2 is 1.95 bits per heavy atom. The van der Waals surface area contributed by atoms with E-state index in [0.717, 1.165) is 66.0 Å². The van der Waals surface area contributed by atoms with Crippen molar-refractivity contribution in [3.8, 4) is 11.4 Å². The molecular weight excluding hydrogens is 468 g/mol. The summed E-state index contributed by atoms with van der Waals surface area (Å²) in [6.45, 7) is 11.0. The average Bonchev–Trinajstić information content (AvgIpc) is 3.56. The van der Waals surface area contributed by atoms with Gasteiger partial charge in [0.1, 0.15) is 5.69 Å². The molecule has 0 atom stereocenters. The Balaban J connectivity index is 1.24. The molecule has 1 aromatic carbocycles. The van der Waals surface area contributed by atoms with Crippen LogP contribution in [0.5, 0.6) is 0 Å². The molecule has 6 heteroatoms. The van der Waals surface area contributed by atoms with E-state index in [4.69, 9.17) is 0 Å². The Kier molecular flexibility index (Phi) is 7.14. The van der Waals surface area contributed by atoms with E-state index in [1.54, 1.807) is 0 Å².